The summed E-state index contributed by atoms with van der Waals surface area (Å²) in [6.07, 6.45) is 1.96. The number of benzene rings is 1. The Kier molecular flexibility index (Phi) is 5.88. The van der Waals surface area contributed by atoms with Crippen molar-refractivity contribution in [2.75, 3.05) is 20.2 Å². The van der Waals surface area contributed by atoms with Crippen LogP contribution in [0.3, 0.4) is 0 Å². The number of hydrogen-bond acceptors (Lipinski definition) is 6. The SMILES string of the molecule is COc1cc(C)c(C)cc1S(=O)(=O)N1CCC(S(=O)(=O)Cc2ccco2)CC1. The molecule has 7 nitrogen and oxygen atoms in total. The van der Waals surface area contributed by atoms with Crippen LogP contribution in [0.5, 0.6) is 5.75 Å². The molecule has 2 heterocycles. The lowest BCUT2D eigenvalue weighted by atomic mass is 10.1. The van der Waals surface area contributed by atoms with E-state index >= 15 is 0 Å². The number of rotatable bonds is 6. The van der Waals surface area contributed by atoms with Crippen LogP contribution in [-0.4, -0.2) is 46.6 Å². The van der Waals surface area contributed by atoms with E-state index in [0.717, 1.165) is 11.1 Å². The van der Waals surface area contributed by atoms with Gasteiger partial charge in [-0.05, 0) is 62.1 Å². The molecule has 2 aromatic rings. The lowest BCUT2D eigenvalue weighted by molar-refractivity contribution is 0.341. The van der Waals surface area contributed by atoms with Crippen molar-refractivity contribution in [2.45, 2.75) is 42.6 Å². The molecular weight excluding hydrogens is 402 g/mol. The number of nitrogens with zero attached hydrogens (tertiary/aromatic N) is 1. The monoisotopic (exact) mass is 427 g/mol. The molecule has 1 fully saturated rings. The van der Waals surface area contributed by atoms with Gasteiger partial charge in [0, 0.05) is 13.1 Å². The van der Waals surface area contributed by atoms with E-state index in [1.54, 1.807) is 24.3 Å². The van der Waals surface area contributed by atoms with Crippen LogP contribution in [0, 0.1) is 13.8 Å². The van der Waals surface area contributed by atoms with E-state index < -0.39 is 25.1 Å². The van der Waals surface area contributed by atoms with Gasteiger partial charge in [0.15, 0.2) is 9.84 Å². The fourth-order valence-corrected chi connectivity index (χ4v) is 6.82. The molecule has 1 aliphatic heterocycles. The number of aryl methyl sites for hydroxylation is 2. The molecule has 1 saturated heterocycles. The second-order valence-corrected chi connectivity index (χ2v) is 11.3. The van der Waals surface area contributed by atoms with Gasteiger partial charge in [-0.3, -0.25) is 0 Å². The molecule has 28 heavy (non-hydrogen) atoms. The van der Waals surface area contributed by atoms with E-state index in [4.69, 9.17) is 9.15 Å². The van der Waals surface area contributed by atoms with Crippen LogP contribution in [0.15, 0.2) is 39.8 Å². The Hall–Kier alpha value is -1.84. The van der Waals surface area contributed by atoms with E-state index in [2.05, 4.69) is 0 Å². The summed E-state index contributed by atoms with van der Waals surface area (Å²) in [5.74, 6) is 0.535. The van der Waals surface area contributed by atoms with Gasteiger partial charge >= 0.3 is 0 Å². The molecule has 1 aromatic carbocycles. The maximum absolute atomic E-state index is 13.1. The van der Waals surface area contributed by atoms with E-state index in [0.29, 0.717) is 11.5 Å². The minimum absolute atomic E-state index is 0.120. The molecule has 0 bridgehead atoms. The topological polar surface area (TPSA) is 93.9 Å². The van der Waals surface area contributed by atoms with Crippen LogP contribution < -0.4 is 4.74 Å². The molecule has 0 aliphatic carbocycles. The predicted molar refractivity (Wildman–Crippen MR) is 106 cm³/mol. The molecule has 0 unspecified atom stereocenters. The minimum atomic E-state index is -3.77. The predicted octanol–water partition coefficient (Wildman–Crippen LogP) is 2.67. The first kappa shape index (κ1) is 20.9. The summed E-state index contributed by atoms with van der Waals surface area (Å²) in [5.41, 5.74) is 1.80. The average Bonchev–Trinajstić information content (AvgIpc) is 3.16. The van der Waals surface area contributed by atoms with Crippen LogP contribution in [-0.2, 0) is 25.6 Å². The Morgan fingerprint density at radius 2 is 1.75 bits per heavy atom. The molecule has 1 aromatic heterocycles. The van der Waals surface area contributed by atoms with E-state index in [1.807, 2.05) is 13.8 Å². The van der Waals surface area contributed by atoms with Gasteiger partial charge in [0.25, 0.3) is 0 Å². The number of sulfonamides is 1. The largest absolute Gasteiger partial charge is 0.495 e. The van der Waals surface area contributed by atoms with Crippen LogP contribution in [0.4, 0.5) is 0 Å². The second-order valence-electron chi connectivity index (χ2n) is 7.08. The van der Waals surface area contributed by atoms with Crippen molar-refractivity contribution in [3.63, 3.8) is 0 Å². The fourth-order valence-electron chi connectivity index (χ4n) is 3.41. The van der Waals surface area contributed by atoms with Crippen molar-refractivity contribution in [3.8, 4) is 5.75 Å². The molecule has 0 amide bonds. The van der Waals surface area contributed by atoms with Crippen LogP contribution >= 0.6 is 0 Å². The van der Waals surface area contributed by atoms with E-state index in [9.17, 15) is 16.8 Å². The average molecular weight is 428 g/mol. The van der Waals surface area contributed by atoms with Crippen molar-refractivity contribution in [2.24, 2.45) is 0 Å². The van der Waals surface area contributed by atoms with Crippen molar-refractivity contribution >= 4 is 19.9 Å². The summed E-state index contributed by atoms with van der Waals surface area (Å²) < 4.78 is 63.2. The summed E-state index contributed by atoms with van der Waals surface area (Å²) in [6.45, 7) is 4.05. The summed E-state index contributed by atoms with van der Waals surface area (Å²) in [7, 11) is -5.73. The molecule has 0 saturated carbocycles. The standard InChI is InChI=1S/C19H25NO6S2/c1-14-11-18(25-3)19(12-15(14)2)28(23,24)20-8-6-17(7-9-20)27(21,22)13-16-5-4-10-26-16/h4-5,10-12,17H,6-9,13H2,1-3H3. The Bertz CT molecular complexity index is 1030. The first-order valence-corrected chi connectivity index (χ1v) is 12.2. The molecule has 3 rings (SSSR count). The molecule has 0 spiro atoms. The Morgan fingerprint density at radius 1 is 1.11 bits per heavy atom. The minimum Gasteiger partial charge on any atom is -0.495 e. The number of piperidine rings is 1. The molecule has 154 valence electrons. The molecular formula is C19H25NO6S2. The lowest BCUT2D eigenvalue weighted by Crippen LogP contribution is -2.42. The van der Waals surface area contributed by atoms with Gasteiger partial charge in [-0.2, -0.15) is 4.31 Å². The molecule has 1 aliphatic rings. The number of methoxy groups -OCH3 is 1. The van der Waals surface area contributed by atoms with Gasteiger partial charge in [-0.25, -0.2) is 16.8 Å². The summed E-state index contributed by atoms with van der Waals surface area (Å²) in [5, 5.41) is -0.578. The number of ether oxygens (including phenoxy) is 1. The third-order valence-electron chi connectivity index (χ3n) is 5.23. The van der Waals surface area contributed by atoms with Crippen LogP contribution in [0.1, 0.15) is 29.7 Å². The first-order valence-electron chi connectivity index (χ1n) is 9.04. The van der Waals surface area contributed by atoms with Gasteiger partial charge in [0.05, 0.1) is 18.6 Å². The van der Waals surface area contributed by atoms with Gasteiger partial charge in [-0.15, -0.1) is 0 Å². The smallest absolute Gasteiger partial charge is 0.246 e. The van der Waals surface area contributed by atoms with Gasteiger partial charge in [0.2, 0.25) is 10.0 Å². The number of hydrogen-bond donors (Lipinski definition) is 0. The van der Waals surface area contributed by atoms with Crippen molar-refractivity contribution in [1.82, 2.24) is 4.31 Å². The highest BCUT2D eigenvalue weighted by molar-refractivity contribution is 7.91. The Balaban J connectivity index is 1.76. The highest BCUT2D eigenvalue weighted by atomic mass is 32.2. The molecule has 0 radical (unpaired) electrons. The lowest BCUT2D eigenvalue weighted by Gasteiger charge is -2.31. The number of sulfone groups is 1. The van der Waals surface area contributed by atoms with Gasteiger partial charge in [-0.1, -0.05) is 0 Å². The second kappa shape index (κ2) is 7.88. The van der Waals surface area contributed by atoms with E-state index in [-0.39, 0.29) is 36.6 Å². The van der Waals surface area contributed by atoms with Crippen molar-refractivity contribution in [1.29, 1.82) is 0 Å². The van der Waals surface area contributed by atoms with Gasteiger partial charge in [0.1, 0.15) is 22.2 Å². The highest BCUT2D eigenvalue weighted by Gasteiger charge is 2.36. The van der Waals surface area contributed by atoms with Crippen molar-refractivity contribution < 1.29 is 26.0 Å². The first-order chi connectivity index (χ1) is 13.1. The summed E-state index contributed by atoms with van der Waals surface area (Å²) in [6, 6.07) is 6.60. The third-order valence-corrected chi connectivity index (χ3v) is 9.32. The normalized spacial score (nSPS) is 17.0. The fraction of sp³-hybridized carbons (Fsp3) is 0.474. The highest BCUT2D eigenvalue weighted by Crippen LogP contribution is 2.32. The van der Waals surface area contributed by atoms with E-state index in [1.165, 1.54) is 17.7 Å². The van der Waals surface area contributed by atoms with Crippen LogP contribution in [0.2, 0.25) is 0 Å². The maximum atomic E-state index is 13.1. The number of furan rings is 1. The summed E-state index contributed by atoms with van der Waals surface area (Å²) in [4.78, 5) is 0.120. The zero-order valence-corrected chi connectivity index (χ0v) is 17.8. The third kappa shape index (κ3) is 4.11. The van der Waals surface area contributed by atoms with Crippen molar-refractivity contribution in [3.05, 3.63) is 47.4 Å². The zero-order valence-electron chi connectivity index (χ0n) is 16.2. The quantitative estimate of drug-likeness (QED) is 0.704. The Labute approximate surface area is 166 Å². The summed E-state index contributed by atoms with van der Waals surface area (Å²) >= 11 is 0. The molecule has 9 heteroatoms. The zero-order chi connectivity index (χ0) is 20.5. The van der Waals surface area contributed by atoms with Gasteiger partial charge < -0.3 is 9.15 Å². The maximum Gasteiger partial charge on any atom is 0.246 e. The Morgan fingerprint density at radius 3 is 2.32 bits per heavy atom. The molecule has 0 atom stereocenters. The van der Waals surface area contributed by atoms with Crippen LogP contribution in [0.25, 0.3) is 0 Å². The molecule has 0 N–H and O–H groups in total.